The highest BCUT2D eigenvalue weighted by Crippen LogP contribution is 2.22. The van der Waals surface area contributed by atoms with E-state index in [1.807, 2.05) is 24.3 Å². The van der Waals surface area contributed by atoms with Crippen molar-refractivity contribution in [1.29, 1.82) is 0 Å². The second-order valence-electron chi connectivity index (χ2n) is 7.02. The van der Waals surface area contributed by atoms with Crippen LogP contribution in [-0.4, -0.2) is 67.0 Å². The second kappa shape index (κ2) is 8.61. The zero-order valence-corrected chi connectivity index (χ0v) is 16.1. The molecule has 0 radical (unpaired) electrons. The predicted molar refractivity (Wildman–Crippen MR) is 102 cm³/mol. The van der Waals surface area contributed by atoms with Crippen molar-refractivity contribution in [1.82, 2.24) is 10.2 Å². The summed E-state index contributed by atoms with van der Waals surface area (Å²) in [5, 5.41) is 11.2. The lowest BCUT2D eigenvalue weighted by Gasteiger charge is -2.37. The lowest BCUT2D eigenvalue weighted by atomic mass is 10.2. The second-order valence-corrected chi connectivity index (χ2v) is 7.02. The first-order valence-corrected chi connectivity index (χ1v) is 8.63. The number of carbonyl (C=O) groups is 2. The Kier molecular flexibility index (Phi) is 6.49. The number of nitrogens with one attached hydrogen (secondary N) is 1. The van der Waals surface area contributed by atoms with Crippen molar-refractivity contribution in [2.24, 2.45) is 4.99 Å². The molecule has 2 rings (SSSR count). The molecule has 9 nitrogen and oxygen atoms in total. The highest BCUT2D eigenvalue weighted by molar-refractivity contribution is 5.98. The molecular formula is C18H26N4O5. The smallest absolute Gasteiger partial charge is 0.437 e. The van der Waals surface area contributed by atoms with E-state index >= 15 is 0 Å². The molecule has 0 bridgehead atoms. The molecule has 1 fully saturated rings. The average Bonchev–Trinajstić information content (AvgIpc) is 2.59. The summed E-state index contributed by atoms with van der Waals surface area (Å²) in [6, 6.07) is 7.73. The standard InChI is InChI=1S/C18H26N4O5/c1-18(2,3)27-17(25)20-15(19-16(23)24)22-10-8-21(9-11-22)13-6-5-7-14(12-13)26-4/h5-7,12H,8-11H2,1-4H3,(H,23,24)(H,19,20,25). The van der Waals surface area contributed by atoms with Gasteiger partial charge in [-0.2, -0.15) is 0 Å². The number of carboxylic acid groups (broad SMARTS) is 1. The van der Waals surface area contributed by atoms with Gasteiger partial charge in [0.15, 0.2) is 0 Å². The quantitative estimate of drug-likeness (QED) is 0.601. The molecule has 2 N–H and O–H groups in total. The summed E-state index contributed by atoms with van der Waals surface area (Å²) < 4.78 is 10.4. The summed E-state index contributed by atoms with van der Waals surface area (Å²) in [6.45, 7) is 7.44. The zero-order chi connectivity index (χ0) is 20.0. The number of hydrogen-bond acceptors (Lipinski definition) is 5. The molecule has 1 heterocycles. The summed E-state index contributed by atoms with van der Waals surface area (Å²) >= 11 is 0. The van der Waals surface area contributed by atoms with Gasteiger partial charge in [0, 0.05) is 37.9 Å². The van der Waals surface area contributed by atoms with E-state index in [0.717, 1.165) is 11.4 Å². The normalized spacial score (nSPS) is 15.3. The van der Waals surface area contributed by atoms with Gasteiger partial charge < -0.3 is 24.4 Å². The SMILES string of the molecule is COc1cccc(N2CCN(C(=NC(=O)OC(C)(C)C)NC(=O)O)CC2)c1. The fourth-order valence-electron chi connectivity index (χ4n) is 2.63. The molecule has 0 saturated carbocycles. The van der Waals surface area contributed by atoms with Crippen molar-refractivity contribution >= 4 is 23.8 Å². The maximum atomic E-state index is 12.0. The number of rotatable bonds is 2. The van der Waals surface area contributed by atoms with Gasteiger partial charge in [-0.25, -0.2) is 9.59 Å². The van der Waals surface area contributed by atoms with E-state index in [1.165, 1.54) is 0 Å². The first kappa shape index (κ1) is 20.3. The zero-order valence-electron chi connectivity index (χ0n) is 16.1. The summed E-state index contributed by atoms with van der Waals surface area (Å²) in [5.74, 6) is 0.747. The van der Waals surface area contributed by atoms with Gasteiger partial charge >= 0.3 is 12.2 Å². The topological polar surface area (TPSA) is 104 Å². The van der Waals surface area contributed by atoms with E-state index in [9.17, 15) is 9.59 Å². The number of guanidine groups is 1. The number of nitrogens with zero attached hydrogens (tertiary/aromatic N) is 3. The number of amides is 2. The van der Waals surface area contributed by atoms with Gasteiger partial charge in [-0.1, -0.05) is 6.07 Å². The number of anilines is 1. The Hall–Kier alpha value is -2.97. The fraction of sp³-hybridized carbons (Fsp3) is 0.500. The van der Waals surface area contributed by atoms with E-state index in [-0.39, 0.29) is 5.96 Å². The minimum atomic E-state index is -1.28. The van der Waals surface area contributed by atoms with Crippen molar-refractivity contribution in [3.8, 4) is 5.75 Å². The van der Waals surface area contributed by atoms with Crippen LogP contribution in [0.3, 0.4) is 0 Å². The average molecular weight is 378 g/mol. The van der Waals surface area contributed by atoms with Gasteiger partial charge in [0.05, 0.1) is 7.11 Å². The fourth-order valence-corrected chi connectivity index (χ4v) is 2.63. The van der Waals surface area contributed by atoms with Crippen LogP contribution in [0.25, 0.3) is 0 Å². The number of piperazine rings is 1. The third kappa shape index (κ3) is 6.36. The molecule has 1 aliphatic heterocycles. The van der Waals surface area contributed by atoms with Crippen molar-refractivity contribution in [2.75, 3.05) is 38.2 Å². The minimum Gasteiger partial charge on any atom is -0.497 e. The van der Waals surface area contributed by atoms with Crippen LogP contribution in [0.15, 0.2) is 29.3 Å². The van der Waals surface area contributed by atoms with Crippen molar-refractivity contribution in [2.45, 2.75) is 26.4 Å². The predicted octanol–water partition coefficient (Wildman–Crippen LogP) is 2.38. The molecule has 148 valence electrons. The van der Waals surface area contributed by atoms with Crippen LogP contribution in [0.5, 0.6) is 5.75 Å². The van der Waals surface area contributed by atoms with Crippen LogP contribution in [0, 0.1) is 0 Å². The number of methoxy groups -OCH3 is 1. The summed E-state index contributed by atoms with van der Waals surface area (Å²) in [7, 11) is 1.62. The monoisotopic (exact) mass is 378 g/mol. The Balaban J connectivity index is 2.06. The number of carbonyl (C=O) groups excluding carboxylic acids is 1. The minimum absolute atomic E-state index is 0.0259. The van der Waals surface area contributed by atoms with Crippen LogP contribution in [0.1, 0.15) is 20.8 Å². The lowest BCUT2D eigenvalue weighted by Crippen LogP contribution is -2.53. The molecule has 0 atom stereocenters. The van der Waals surface area contributed by atoms with Crippen LogP contribution in [0.2, 0.25) is 0 Å². The molecule has 1 saturated heterocycles. The Morgan fingerprint density at radius 1 is 1.19 bits per heavy atom. The molecule has 27 heavy (non-hydrogen) atoms. The van der Waals surface area contributed by atoms with Crippen LogP contribution in [-0.2, 0) is 4.74 Å². The van der Waals surface area contributed by atoms with Crippen LogP contribution < -0.4 is 15.0 Å². The first-order valence-electron chi connectivity index (χ1n) is 8.63. The number of hydrogen-bond donors (Lipinski definition) is 2. The van der Waals surface area contributed by atoms with E-state index < -0.39 is 17.8 Å². The van der Waals surface area contributed by atoms with Gasteiger partial charge in [-0.3, -0.25) is 5.32 Å². The molecule has 1 aromatic carbocycles. The molecule has 1 aliphatic rings. The lowest BCUT2D eigenvalue weighted by molar-refractivity contribution is 0.0601. The molecular weight excluding hydrogens is 352 g/mol. The Morgan fingerprint density at radius 3 is 2.41 bits per heavy atom. The Bertz CT molecular complexity index is 706. The molecule has 0 aromatic heterocycles. The van der Waals surface area contributed by atoms with Crippen molar-refractivity contribution < 1.29 is 24.2 Å². The van der Waals surface area contributed by atoms with E-state index in [0.29, 0.717) is 26.2 Å². The van der Waals surface area contributed by atoms with Crippen molar-refractivity contribution in [3.63, 3.8) is 0 Å². The van der Waals surface area contributed by atoms with Gasteiger partial charge in [0.25, 0.3) is 0 Å². The largest absolute Gasteiger partial charge is 0.497 e. The number of benzene rings is 1. The van der Waals surface area contributed by atoms with Gasteiger partial charge in [0.2, 0.25) is 5.96 Å². The maximum absolute atomic E-state index is 12.0. The highest BCUT2D eigenvalue weighted by Gasteiger charge is 2.24. The third-order valence-corrected chi connectivity index (χ3v) is 3.81. The third-order valence-electron chi connectivity index (χ3n) is 3.81. The summed E-state index contributed by atoms with van der Waals surface area (Å²) in [5.41, 5.74) is 0.311. The highest BCUT2D eigenvalue weighted by atomic mass is 16.6. The molecule has 2 amide bonds. The van der Waals surface area contributed by atoms with Crippen LogP contribution >= 0.6 is 0 Å². The molecule has 0 unspecified atom stereocenters. The van der Waals surface area contributed by atoms with E-state index in [2.05, 4.69) is 15.2 Å². The molecule has 0 aliphatic carbocycles. The number of aliphatic imine (C=N–C) groups is 1. The summed E-state index contributed by atoms with van der Waals surface area (Å²) in [4.78, 5) is 30.7. The summed E-state index contributed by atoms with van der Waals surface area (Å²) in [6.07, 6.45) is -2.12. The van der Waals surface area contributed by atoms with Gasteiger partial charge in [0.1, 0.15) is 11.4 Å². The maximum Gasteiger partial charge on any atom is 0.437 e. The Labute approximate surface area is 158 Å². The molecule has 9 heteroatoms. The van der Waals surface area contributed by atoms with Crippen molar-refractivity contribution in [3.05, 3.63) is 24.3 Å². The van der Waals surface area contributed by atoms with E-state index in [4.69, 9.17) is 14.6 Å². The van der Waals surface area contributed by atoms with Crippen LogP contribution in [0.4, 0.5) is 15.3 Å². The Morgan fingerprint density at radius 2 is 1.85 bits per heavy atom. The number of ether oxygens (including phenoxy) is 2. The van der Waals surface area contributed by atoms with E-state index in [1.54, 1.807) is 32.8 Å². The van der Waals surface area contributed by atoms with Gasteiger partial charge in [-0.05, 0) is 32.9 Å². The van der Waals surface area contributed by atoms with Gasteiger partial charge in [-0.15, -0.1) is 4.99 Å². The first-order chi connectivity index (χ1) is 12.7. The molecule has 0 spiro atoms. The molecule has 1 aromatic rings.